The van der Waals surface area contributed by atoms with Crippen LogP contribution in [0.5, 0.6) is 11.5 Å². The van der Waals surface area contributed by atoms with Gasteiger partial charge in [-0.3, -0.25) is 0 Å². The maximum Gasteiger partial charge on any atom is 0.164 e. The van der Waals surface area contributed by atoms with Gasteiger partial charge in [0.05, 0.1) is 26.9 Å². The Balaban J connectivity index is 2.16. The Morgan fingerprint density at radius 2 is 2.33 bits per heavy atom. The van der Waals surface area contributed by atoms with Crippen molar-refractivity contribution in [1.82, 2.24) is 0 Å². The Bertz CT molecular complexity index is 377. The molecule has 2 N–H and O–H groups in total. The minimum Gasteiger partial charge on any atom is -0.493 e. The van der Waals surface area contributed by atoms with E-state index in [1.807, 2.05) is 18.2 Å². The van der Waals surface area contributed by atoms with Crippen molar-refractivity contribution in [2.45, 2.75) is 18.9 Å². The summed E-state index contributed by atoms with van der Waals surface area (Å²) in [5.41, 5.74) is 1.03. The second kappa shape index (κ2) is 6.58. The van der Waals surface area contributed by atoms with Gasteiger partial charge in [-0.15, -0.1) is 0 Å². The fourth-order valence-electron chi connectivity index (χ4n) is 1.99. The van der Waals surface area contributed by atoms with Crippen LogP contribution in [0, 0.1) is 0 Å². The molecule has 2 rings (SSSR count). The van der Waals surface area contributed by atoms with Crippen LogP contribution in [0.25, 0.3) is 0 Å². The van der Waals surface area contributed by atoms with Gasteiger partial charge in [0.1, 0.15) is 6.10 Å². The lowest BCUT2D eigenvalue weighted by atomic mass is 10.1. The number of hydrogen-bond donors (Lipinski definition) is 1. The number of rotatable bonds is 6. The van der Waals surface area contributed by atoms with Crippen molar-refractivity contribution in [1.29, 1.82) is 0 Å². The predicted molar refractivity (Wildman–Crippen MR) is 66.7 cm³/mol. The average Bonchev–Trinajstić information content (AvgIpc) is 2.90. The van der Waals surface area contributed by atoms with E-state index >= 15 is 0 Å². The van der Waals surface area contributed by atoms with Crippen LogP contribution in [0.1, 0.15) is 12.0 Å². The summed E-state index contributed by atoms with van der Waals surface area (Å²) in [7, 11) is 1.64. The normalized spacial score (nSPS) is 18.9. The van der Waals surface area contributed by atoms with E-state index in [1.165, 1.54) is 0 Å². The molecule has 1 saturated heterocycles. The SMILES string of the molecule is COc1cccc(CCON)c1OC1CCOC1. The summed E-state index contributed by atoms with van der Waals surface area (Å²) in [6.45, 7) is 1.83. The molecule has 0 bridgehead atoms. The highest BCUT2D eigenvalue weighted by Gasteiger charge is 2.20. The van der Waals surface area contributed by atoms with Gasteiger partial charge in [-0.25, -0.2) is 5.90 Å². The molecular formula is C13H19NO4. The van der Waals surface area contributed by atoms with Gasteiger partial charge in [-0.05, 0) is 6.07 Å². The fourth-order valence-corrected chi connectivity index (χ4v) is 1.99. The van der Waals surface area contributed by atoms with Gasteiger partial charge < -0.3 is 19.0 Å². The molecule has 1 aromatic rings. The van der Waals surface area contributed by atoms with Crippen molar-refractivity contribution >= 4 is 0 Å². The summed E-state index contributed by atoms with van der Waals surface area (Å²) in [6.07, 6.45) is 1.69. The molecular weight excluding hydrogens is 234 g/mol. The highest BCUT2D eigenvalue weighted by atomic mass is 16.6. The summed E-state index contributed by atoms with van der Waals surface area (Å²) >= 11 is 0. The Morgan fingerprint density at radius 3 is 3.00 bits per heavy atom. The van der Waals surface area contributed by atoms with Gasteiger partial charge in [0.25, 0.3) is 0 Å². The zero-order valence-corrected chi connectivity index (χ0v) is 10.6. The van der Waals surface area contributed by atoms with Gasteiger partial charge in [-0.1, -0.05) is 12.1 Å². The quantitative estimate of drug-likeness (QED) is 0.774. The standard InChI is InChI=1S/C13H19NO4/c1-15-12-4-2-3-10(5-8-17-14)13(12)18-11-6-7-16-9-11/h2-4,11H,5-9,14H2,1H3. The maximum absolute atomic E-state index is 5.98. The molecule has 1 aromatic carbocycles. The monoisotopic (exact) mass is 253 g/mol. The zero-order valence-electron chi connectivity index (χ0n) is 10.6. The molecule has 1 atom stereocenters. The minimum absolute atomic E-state index is 0.0962. The fraction of sp³-hybridized carbons (Fsp3) is 0.538. The second-order valence-electron chi connectivity index (χ2n) is 4.17. The zero-order chi connectivity index (χ0) is 12.8. The Hall–Kier alpha value is -1.30. The summed E-state index contributed by atoms with van der Waals surface area (Å²) in [6, 6.07) is 5.81. The highest BCUT2D eigenvalue weighted by molar-refractivity contribution is 5.47. The van der Waals surface area contributed by atoms with Crippen LogP contribution in [0.2, 0.25) is 0 Å². The van der Waals surface area contributed by atoms with Crippen LogP contribution >= 0.6 is 0 Å². The molecule has 0 aromatic heterocycles. The third kappa shape index (κ3) is 3.13. The number of nitrogens with two attached hydrogens (primary N) is 1. The van der Waals surface area contributed by atoms with Crippen LogP contribution in [0.15, 0.2) is 18.2 Å². The van der Waals surface area contributed by atoms with Crippen molar-refractivity contribution in [3.63, 3.8) is 0 Å². The van der Waals surface area contributed by atoms with E-state index < -0.39 is 0 Å². The van der Waals surface area contributed by atoms with E-state index in [-0.39, 0.29) is 6.10 Å². The van der Waals surface area contributed by atoms with E-state index in [2.05, 4.69) is 4.84 Å². The first-order valence-electron chi connectivity index (χ1n) is 6.07. The van der Waals surface area contributed by atoms with Crippen LogP contribution in [0.3, 0.4) is 0 Å². The van der Waals surface area contributed by atoms with Gasteiger partial charge in [-0.2, -0.15) is 0 Å². The summed E-state index contributed by atoms with van der Waals surface area (Å²) < 4.78 is 16.6. The number of hydrogen-bond acceptors (Lipinski definition) is 5. The molecule has 18 heavy (non-hydrogen) atoms. The summed E-state index contributed by atoms with van der Waals surface area (Å²) in [5.74, 6) is 6.57. The Labute approximate surface area is 107 Å². The molecule has 1 aliphatic heterocycles. The van der Waals surface area contributed by atoms with Gasteiger partial charge in [0.15, 0.2) is 11.5 Å². The lowest BCUT2D eigenvalue weighted by molar-refractivity contribution is 0.131. The minimum atomic E-state index is 0.0962. The average molecular weight is 253 g/mol. The maximum atomic E-state index is 5.98. The van der Waals surface area contributed by atoms with Crippen molar-refractivity contribution < 1.29 is 19.0 Å². The molecule has 5 heteroatoms. The molecule has 100 valence electrons. The second-order valence-corrected chi connectivity index (χ2v) is 4.17. The molecule has 1 unspecified atom stereocenters. The lowest BCUT2D eigenvalue weighted by Crippen LogP contribution is -2.17. The van der Waals surface area contributed by atoms with E-state index in [0.29, 0.717) is 19.6 Å². The molecule has 1 heterocycles. The number of ether oxygens (including phenoxy) is 3. The van der Waals surface area contributed by atoms with Crippen LogP contribution in [0.4, 0.5) is 0 Å². The molecule has 0 spiro atoms. The van der Waals surface area contributed by atoms with E-state index in [9.17, 15) is 0 Å². The van der Waals surface area contributed by atoms with Crippen molar-refractivity contribution in [2.24, 2.45) is 5.90 Å². The number of para-hydroxylation sites is 1. The first kappa shape index (κ1) is 13.1. The molecule has 0 radical (unpaired) electrons. The first-order chi connectivity index (χ1) is 8.85. The number of methoxy groups -OCH3 is 1. The van der Waals surface area contributed by atoms with Crippen LogP contribution in [-0.2, 0) is 16.0 Å². The third-order valence-electron chi connectivity index (χ3n) is 2.94. The molecule has 1 fully saturated rings. The predicted octanol–water partition coefficient (Wildman–Crippen LogP) is 1.30. The third-order valence-corrected chi connectivity index (χ3v) is 2.94. The van der Waals surface area contributed by atoms with Crippen molar-refractivity contribution in [3.05, 3.63) is 23.8 Å². The van der Waals surface area contributed by atoms with Crippen LogP contribution < -0.4 is 15.4 Å². The topological polar surface area (TPSA) is 62.9 Å². The summed E-state index contributed by atoms with van der Waals surface area (Å²) in [5, 5.41) is 0. The van der Waals surface area contributed by atoms with Gasteiger partial charge in [0.2, 0.25) is 0 Å². The largest absolute Gasteiger partial charge is 0.493 e. The Morgan fingerprint density at radius 1 is 1.44 bits per heavy atom. The molecule has 1 aliphatic rings. The highest BCUT2D eigenvalue weighted by Crippen LogP contribution is 2.33. The Kier molecular flexibility index (Phi) is 4.81. The first-order valence-corrected chi connectivity index (χ1v) is 6.07. The molecule has 0 aliphatic carbocycles. The molecule has 5 nitrogen and oxygen atoms in total. The van der Waals surface area contributed by atoms with E-state index in [1.54, 1.807) is 7.11 Å². The molecule has 0 amide bonds. The number of benzene rings is 1. The van der Waals surface area contributed by atoms with Crippen molar-refractivity contribution in [2.75, 3.05) is 26.9 Å². The van der Waals surface area contributed by atoms with E-state index in [4.69, 9.17) is 20.1 Å². The van der Waals surface area contributed by atoms with Crippen molar-refractivity contribution in [3.8, 4) is 11.5 Å². The van der Waals surface area contributed by atoms with Crippen LogP contribution in [-0.4, -0.2) is 33.0 Å². The van der Waals surface area contributed by atoms with Gasteiger partial charge in [0, 0.05) is 18.4 Å². The molecule has 0 saturated carbocycles. The smallest absolute Gasteiger partial charge is 0.164 e. The van der Waals surface area contributed by atoms with Gasteiger partial charge >= 0.3 is 0 Å². The summed E-state index contributed by atoms with van der Waals surface area (Å²) in [4.78, 5) is 4.62. The lowest BCUT2D eigenvalue weighted by Gasteiger charge is -2.18. The van der Waals surface area contributed by atoms with E-state index in [0.717, 1.165) is 30.1 Å².